The fourth-order valence-electron chi connectivity index (χ4n) is 2.26. The summed E-state index contributed by atoms with van der Waals surface area (Å²) in [7, 11) is 0. The van der Waals surface area contributed by atoms with Crippen molar-refractivity contribution in [1.29, 1.82) is 0 Å². The highest BCUT2D eigenvalue weighted by Crippen LogP contribution is 2.39. The molecule has 3 N–H and O–H groups in total. The number of aliphatic hydroxyl groups excluding tert-OH is 1. The first-order chi connectivity index (χ1) is 7.68. The fraction of sp³-hybridized carbons (Fsp3) is 1.00. The SMILES string of the molecule is CC1(C)CCC(O)(CNCC(C)(C)CO)CC1. The molecule has 0 aromatic carbocycles. The van der Waals surface area contributed by atoms with Crippen LogP contribution < -0.4 is 5.32 Å². The van der Waals surface area contributed by atoms with Crippen molar-refractivity contribution in [3.63, 3.8) is 0 Å². The number of hydrogen-bond acceptors (Lipinski definition) is 3. The molecule has 0 saturated heterocycles. The van der Waals surface area contributed by atoms with Crippen LogP contribution >= 0.6 is 0 Å². The van der Waals surface area contributed by atoms with Gasteiger partial charge in [0.15, 0.2) is 0 Å². The van der Waals surface area contributed by atoms with Crippen LogP contribution in [-0.4, -0.2) is 35.5 Å². The van der Waals surface area contributed by atoms with Crippen molar-refractivity contribution in [2.45, 2.75) is 59.0 Å². The van der Waals surface area contributed by atoms with Crippen molar-refractivity contribution in [1.82, 2.24) is 5.32 Å². The Kier molecular flexibility index (Phi) is 4.61. The molecule has 102 valence electrons. The molecule has 0 aliphatic heterocycles. The summed E-state index contributed by atoms with van der Waals surface area (Å²) in [6, 6.07) is 0. The summed E-state index contributed by atoms with van der Waals surface area (Å²) >= 11 is 0. The molecule has 17 heavy (non-hydrogen) atoms. The maximum absolute atomic E-state index is 10.4. The normalized spacial score (nSPS) is 23.6. The molecular formula is C14H29NO2. The smallest absolute Gasteiger partial charge is 0.0772 e. The first-order valence-corrected chi connectivity index (χ1v) is 6.72. The molecule has 3 nitrogen and oxygen atoms in total. The van der Waals surface area contributed by atoms with Crippen LogP contribution in [0.5, 0.6) is 0 Å². The van der Waals surface area contributed by atoms with Gasteiger partial charge in [-0.25, -0.2) is 0 Å². The van der Waals surface area contributed by atoms with E-state index in [1.165, 1.54) is 0 Å². The summed E-state index contributed by atoms with van der Waals surface area (Å²) in [4.78, 5) is 0. The van der Waals surface area contributed by atoms with Crippen molar-refractivity contribution < 1.29 is 10.2 Å². The van der Waals surface area contributed by atoms with Crippen molar-refractivity contribution in [3.05, 3.63) is 0 Å². The number of aliphatic hydroxyl groups is 2. The van der Waals surface area contributed by atoms with Gasteiger partial charge in [-0.05, 0) is 31.1 Å². The Morgan fingerprint density at radius 3 is 2.12 bits per heavy atom. The van der Waals surface area contributed by atoms with E-state index < -0.39 is 5.60 Å². The highest BCUT2D eigenvalue weighted by molar-refractivity contribution is 4.91. The third-order valence-electron chi connectivity index (χ3n) is 4.02. The van der Waals surface area contributed by atoms with Crippen LogP contribution in [0.4, 0.5) is 0 Å². The zero-order valence-corrected chi connectivity index (χ0v) is 11.8. The van der Waals surface area contributed by atoms with E-state index in [0.29, 0.717) is 12.0 Å². The minimum absolute atomic E-state index is 0.107. The van der Waals surface area contributed by atoms with Crippen LogP contribution in [0, 0.1) is 10.8 Å². The average molecular weight is 243 g/mol. The Labute approximate surface area is 106 Å². The molecule has 0 atom stereocenters. The highest BCUT2D eigenvalue weighted by Gasteiger charge is 2.36. The molecule has 1 fully saturated rings. The van der Waals surface area contributed by atoms with Crippen molar-refractivity contribution in [2.75, 3.05) is 19.7 Å². The van der Waals surface area contributed by atoms with E-state index in [1.54, 1.807) is 0 Å². The van der Waals surface area contributed by atoms with Gasteiger partial charge >= 0.3 is 0 Å². The molecule has 0 unspecified atom stereocenters. The number of hydrogen-bond donors (Lipinski definition) is 3. The Bertz CT molecular complexity index is 239. The van der Waals surface area contributed by atoms with Gasteiger partial charge < -0.3 is 15.5 Å². The van der Waals surface area contributed by atoms with E-state index in [0.717, 1.165) is 32.2 Å². The molecule has 0 radical (unpaired) electrons. The molecule has 1 aliphatic rings. The lowest BCUT2D eigenvalue weighted by Crippen LogP contribution is -2.47. The van der Waals surface area contributed by atoms with Gasteiger partial charge in [0.25, 0.3) is 0 Å². The largest absolute Gasteiger partial charge is 0.396 e. The highest BCUT2D eigenvalue weighted by atomic mass is 16.3. The molecule has 0 aromatic rings. The molecule has 0 bridgehead atoms. The second-order valence-corrected chi connectivity index (χ2v) is 7.31. The Morgan fingerprint density at radius 2 is 1.65 bits per heavy atom. The van der Waals surface area contributed by atoms with Crippen molar-refractivity contribution in [3.8, 4) is 0 Å². The minimum Gasteiger partial charge on any atom is -0.396 e. The van der Waals surface area contributed by atoms with E-state index in [2.05, 4.69) is 19.2 Å². The summed E-state index contributed by atoms with van der Waals surface area (Å²) in [5.41, 5.74) is -0.262. The molecule has 0 heterocycles. The van der Waals surface area contributed by atoms with Crippen LogP contribution in [0.25, 0.3) is 0 Å². The lowest BCUT2D eigenvalue weighted by molar-refractivity contribution is -0.0261. The van der Waals surface area contributed by atoms with E-state index in [9.17, 15) is 5.11 Å². The van der Waals surface area contributed by atoms with E-state index >= 15 is 0 Å². The summed E-state index contributed by atoms with van der Waals surface area (Å²) < 4.78 is 0. The van der Waals surface area contributed by atoms with Crippen molar-refractivity contribution in [2.24, 2.45) is 10.8 Å². The zero-order chi connectivity index (χ0) is 13.2. The van der Waals surface area contributed by atoms with Gasteiger partial charge in [-0.1, -0.05) is 27.7 Å². The standard InChI is InChI=1S/C14H29NO2/c1-12(2)5-7-14(17,8-6-12)10-15-9-13(3,4)11-16/h15-17H,5-11H2,1-4H3. The fourth-order valence-corrected chi connectivity index (χ4v) is 2.26. The molecule has 3 heteroatoms. The Hall–Kier alpha value is -0.120. The maximum Gasteiger partial charge on any atom is 0.0772 e. The van der Waals surface area contributed by atoms with E-state index in [-0.39, 0.29) is 12.0 Å². The predicted molar refractivity (Wildman–Crippen MR) is 70.9 cm³/mol. The minimum atomic E-state index is -0.541. The first-order valence-electron chi connectivity index (χ1n) is 6.72. The summed E-state index contributed by atoms with van der Waals surface area (Å²) in [5, 5.41) is 22.9. The maximum atomic E-state index is 10.4. The van der Waals surface area contributed by atoms with Crippen LogP contribution in [0.3, 0.4) is 0 Å². The van der Waals surface area contributed by atoms with Gasteiger partial charge in [0.1, 0.15) is 0 Å². The lowest BCUT2D eigenvalue weighted by Gasteiger charge is -2.40. The Morgan fingerprint density at radius 1 is 1.12 bits per heavy atom. The van der Waals surface area contributed by atoms with Crippen molar-refractivity contribution >= 4 is 0 Å². The van der Waals surface area contributed by atoms with Crippen LogP contribution in [0.15, 0.2) is 0 Å². The quantitative estimate of drug-likeness (QED) is 0.691. The van der Waals surface area contributed by atoms with E-state index in [4.69, 9.17) is 5.11 Å². The van der Waals surface area contributed by atoms with Gasteiger partial charge in [-0.2, -0.15) is 0 Å². The molecule has 1 rings (SSSR count). The van der Waals surface area contributed by atoms with Gasteiger partial charge in [-0.15, -0.1) is 0 Å². The monoisotopic (exact) mass is 243 g/mol. The molecule has 0 amide bonds. The third kappa shape index (κ3) is 4.94. The second-order valence-electron chi connectivity index (χ2n) is 7.31. The van der Waals surface area contributed by atoms with Gasteiger partial charge in [0.05, 0.1) is 5.60 Å². The van der Waals surface area contributed by atoms with Gasteiger partial charge in [0, 0.05) is 25.1 Å². The molecule has 0 aromatic heterocycles. The van der Waals surface area contributed by atoms with Gasteiger partial charge in [0.2, 0.25) is 0 Å². The molecular weight excluding hydrogens is 214 g/mol. The second kappa shape index (κ2) is 5.25. The topological polar surface area (TPSA) is 52.5 Å². The van der Waals surface area contributed by atoms with Crippen LogP contribution in [0.1, 0.15) is 53.4 Å². The zero-order valence-electron chi connectivity index (χ0n) is 11.8. The first kappa shape index (κ1) is 14.9. The number of rotatable bonds is 5. The lowest BCUT2D eigenvalue weighted by atomic mass is 9.71. The summed E-state index contributed by atoms with van der Waals surface area (Å²) in [5.74, 6) is 0. The molecule has 1 saturated carbocycles. The Balaban J connectivity index is 2.32. The van der Waals surface area contributed by atoms with Crippen LogP contribution in [0.2, 0.25) is 0 Å². The average Bonchev–Trinajstić information content (AvgIpc) is 2.23. The van der Waals surface area contributed by atoms with Crippen LogP contribution in [-0.2, 0) is 0 Å². The summed E-state index contributed by atoms with van der Waals surface area (Å²) in [6.07, 6.45) is 3.95. The molecule has 1 aliphatic carbocycles. The van der Waals surface area contributed by atoms with Gasteiger partial charge in [-0.3, -0.25) is 0 Å². The molecule has 0 spiro atoms. The third-order valence-corrected chi connectivity index (χ3v) is 4.02. The van der Waals surface area contributed by atoms with E-state index in [1.807, 2.05) is 13.8 Å². The predicted octanol–water partition coefficient (Wildman–Crippen LogP) is 1.93. The number of nitrogens with one attached hydrogen (secondary N) is 1. The summed E-state index contributed by atoms with van der Waals surface area (Å²) in [6.45, 7) is 10.2.